The molecule has 0 bridgehead atoms. The van der Waals surface area contributed by atoms with E-state index >= 15 is 0 Å². The number of hydrogen-bond donors (Lipinski definition) is 1. The molecule has 0 aliphatic heterocycles. The highest BCUT2D eigenvalue weighted by atomic mass is 19.1. The highest BCUT2D eigenvalue weighted by Crippen LogP contribution is 2.20. The lowest BCUT2D eigenvalue weighted by molar-refractivity contribution is -0.0152. The van der Waals surface area contributed by atoms with E-state index in [4.69, 9.17) is 4.74 Å². The average Bonchev–Trinajstić information content (AvgIpc) is 2.29. The topological polar surface area (TPSA) is 21.3 Å². The lowest BCUT2D eigenvalue weighted by Crippen LogP contribution is -2.31. The third-order valence-corrected chi connectivity index (χ3v) is 2.66. The lowest BCUT2D eigenvalue weighted by Gasteiger charge is -2.25. The molecule has 0 aliphatic carbocycles. The molecular formula is C15H23F2NO. The Morgan fingerprint density at radius 3 is 2.47 bits per heavy atom. The van der Waals surface area contributed by atoms with Crippen LogP contribution in [0, 0.1) is 11.6 Å². The Bertz CT molecular complexity index is 402. The van der Waals surface area contributed by atoms with Gasteiger partial charge in [0.05, 0.1) is 18.2 Å². The molecule has 1 N–H and O–H groups in total. The Hall–Kier alpha value is -1.00. The minimum atomic E-state index is -0.563. The summed E-state index contributed by atoms with van der Waals surface area (Å²) in [4.78, 5) is 0. The summed E-state index contributed by atoms with van der Waals surface area (Å²) >= 11 is 0. The number of ether oxygens (including phenoxy) is 1. The van der Waals surface area contributed by atoms with Gasteiger partial charge in [0, 0.05) is 11.6 Å². The van der Waals surface area contributed by atoms with Crippen LogP contribution in [0.4, 0.5) is 8.78 Å². The van der Waals surface area contributed by atoms with Crippen molar-refractivity contribution in [1.29, 1.82) is 0 Å². The van der Waals surface area contributed by atoms with Gasteiger partial charge in [-0.2, -0.15) is 0 Å². The van der Waals surface area contributed by atoms with E-state index in [0.29, 0.717) is 12.2 Å². The molecule has 108 valence electrons. The molecule has 0 spiro atoms. The summed E-state index contributed by atoms with van der Waals surface area (Å²) in [6.07, 6.45) is 0.939. The van der Waals surface area contributed by atoms with Crippen molar-refractivity contribution < 1.29 is 13.5 Å². The van der Waals surface area contributed by atoms with Gasteiger partial charge in [-0.1, -0.05) is 13.0 Å². The molecule has 0 heterocycles. The summed E-state index contributed by atoms with van der Waals surface area (Å²) in [6.45, 7) is 9.00. The van der Waals surface area contributed by atoms with Crippen LogP contribution in [0.15, 0.2) is 18.2 Å². The minimum absolute atomic E-state index is 0.264. The Morgan fingerprint density at radius 1 is 1.26 bits per heavy atom. The van der Waals surface area contributed by atoms with Crippen molar-refractivity contribution in [3.8, 4) is 0 Å². The van der Waals surface area contributed by atoms with Crippen molar-refractivity contribution in [1.82, 2.24) is 5.32 Å². The normalized spacial score (nSPS) is 13.6. The molecule has 0 radical (unpaired) electrons. The minimum Gasteiger partial charge on any atom is -0.374 e. The first-order valence-corrected chi connectivity index (χ1v) is 6.66. The molecule has 0 aliphatic rings. The number of halogens is 2. The number of rotatable bonds is 6. The largest absolute Gasteiger partial charge is 0.374 e. The second kappa shape index (κ2) is 6.96. The Kier molecular flexibility index (Phi) is 5.88. The quantitative estimate of drug-likeness (QED) is 0.849. The van der Waals surface area contributed by atoms with Gasteiger partial charge in [0.2, 0.25) is 0 Å². The van der Waals surface area contributed by atoms with Gasteiger partial charge in [-0.05, 0) is 39.8 Å². The third-order valence-electron chi connectivity index (χ3n) is 2.66. The SMILES string of the molecule is CCCNC(COC(C)(C)C)c1ccc(F)cc1F. The first-order chi connectivity index (χ1) is 8.83. The lowest BCUT2D eigenvalue weighted by atomic mass is 10.1. The Balaban J connectivity index is 2.83. The smallest absolute Gasteiger partial charge is 0.130 e. The van der Waals surface area contributed by atoms with Crippen LogP contribution in [0.1, 0.15) is 45.7 Å². The van der Waals surface area contributed by atoms with E-state index < -0.39 is 11.6 Å². The van der Waals surface area contributed by atoms with Crippen LogP contribution >= 0.6 is 0 Å². The maximum absolute atomic E-state index is 13.8. The van der Waals surface area contributed by atoms with Crippen molar-refractivity contribution in [3.63, 3.8) is 0 Å². The molecule has 0 saturated heterocycles. The van der Waals surface area contributed by atoms with Gasteiger partial charge in [0.1, 0.15) is 11.6 Å². The van der Waals surface area contributed by atoms with Gasteiger partial charge in [0.15, 0.2) is 0 Å². The molecule has 0 saturated carbocycles. The third kappa shape index (κ3) is 5.66. The first kappa shape index (κ1) is 16.1. The van der Waals surface area contributed by atoms with Gasteiger partial charge in [-0.3, -0.25) is 0 Å². The molecule has 1 atom stereocenters. The molecule has 4 heteroatoms. The van der Waals surface area contributed by atoms with Crippen molar-refractivity contribution in [3.05, 3.63) is 35.4 Å². The summed E-state index contributed by atoms with van der Waals surface area (Å²) in [6, 6.07) is 3.40. The fourth-order valence-corrected chi connectivity index (χ4v) is 1.69. The average molecular weight is 271 g/mol. The van der Waals surface area contributed by atoms with Crippen molar-refractivity contribution in [2.24, 2.45) is 0 Å². The monoisotopic (exact) mass is 271 g/mol. The molecule has 2 nitrogen and oxygen atoms in total. The molecule has 0 aromatic heterocycles. The maximum atomic E-state index is 13.8. The van der Waals surface area contributed by atoms with Crippen molar-refractivity contribution in [2.75, 3.05) is 13.2 Å². The second-order valence-corrected chi connectivity index (χ2v) is 5.60. The molecule has 1 rings (SSSR count). The summed E-state index contributed by atoms with van der Waals surface area (Å²) in [5.41, 5.74) is 0.155. The first-order valence-electron chi connectivity index (χ1n) is 6.66. The van der Waals surface area contributed by atoms with E-state index in [2.05, 4.69) is 5.32 Å². The van der Waals surface area contributed by atoms with Crippen LogP contribution in [0.5, 0.6) is 0 Å². The van der Waals surface area contributed by atoms with Gasteiger partial charge in [-0.25, -0.2) is 8.78 Å². The molecule has 0 fully saturated rings. The molecule has 1 unspecified atom stereocenters. The maximum Gasteiger partial charge on any atom is 0.130 e. The molecule has 1 aromatic rings. The predicted molar refractivity (Wildman–Crippen MR) is 73.1 cm³/mol. The van der Waals surface area contributed by atoms with Crippen molar-refractivity contribution >= 4 is 0 Å². The zero-order valence-electron chi connectivity index (χ0n) is 12.1. The number of benzene rings is 1. The van der Waals surface area contributed by atoms with Crippen LogP contribution in [0.2, 0.25) is 0 Å². The zero-order chi connectivity index (χ0) is 14.5. The van der Waals surface area contributed by atoms with Gasteiger partial charge in [-0.15, -0.1) is 0 Å². The van der Waals surface area contributed by atoms with E-state index in [-0.39, 0.29) is 11.6 Å². The summed E-state index contributed by atoms with van der Waals surface area (Å²) in [7, 11) is 0. The van der Waals surface area contributed by atoms with E-state index in [9.17, 15) is 8.78 Å². The summed E-state index contributed by atoms with van der Waals surface area (Å²) in [5, 5.41) is 3.23. The Labute approximate surface area is 114 Å². The summed E-state index contributed by atoms with van der Waals surface area (Å²) < 4.78 is 32.5. The predicted octanol–water partition coefficient (Wildman–Crippen LogP) is 3.82. The van der Waals surface area contributed by atoms with E-state index in [1.807, 2.05) is 27.7 Å². The number of hydrogen-bond acceptors (Lipinski definition) is 2. The Morgan fingerprint density at radius 2 is 1.95 bits per heavy atom. The fourth-order valence-electron chi connectivity index (χ4n) is 1.69. The second-order valence-electron chi connectivity index (χ2n) is 5.60. The van der Waals surface area contributed by atoms with E-state index in [0.717, 1.165) is 19.0 Å². The zero-order valence-corrected chi connectivity index (χ0v) is 12.1. The van der Waals surface area contributed by atoms with Crippen LogP contribution in [0.3, 0.4) is 0 Å². The molecular weight excluding hydrogens is 248 g/mol. The van der Waals surface area contributed by atoms with E-state index in [1.165, 1.54) is 12.1 Å². The van der Waals surface area contributed by atoms with Crippen molar-refractivity contribution in [2.45, 2.75) is 45.8 Å². The highest BCUT2D eigenvalue weighted by molar-refractivity contribution is 5.22. The van der Waals surface area contributed by atoms with Crippen LogP contribution in [-0.2, 0) is 4.74 Å². The highest BCUT2D eigenvalue weighted by Gasteiger charge is 2.19. The van der Waals surface area contributed by atoms with Gasteiger partial charge in [0.25, 0.3) is 0 Å². The standard InChI is InChI=1S/C15H23F2NO/c1-5-8-18-14(10-19-15(2,3)4)12-7-6-11(16)9-13(12)17/h6-7,9,14,18H,5,8,10H2,1-4H3. The summed E-state index contributed by atoms with van der Waals surface area (Å²) in [5.74, 6) is -1.10. The van der Waals surface area contributed by atoms with Gasteiger partial charge >= 0.3 is 0 Å². The van der Waals surface area contributed by atoms with Crippen LogP contribution in [-0.4, -0.2) is 18.8 Å². The van der Waals surface area contributed by atoms with Crippen LogP contribution < -0.4 is 5.32 Å². The molecule has 0 amide bonds. The molecule has 1 aromatic carbocycles. The number of nitrogens with one attached hydrogen (secondary N) is 1. The van der Waals surface area contributed by atoms with E-state index in [1.54, 1.807) is 0 Å². The van der Waals surface area contributed by atoms with Crippen LogP contribution in [0.25, 0.3) is 0 Å². The molecule has 19 heavy (non-hydrogen) atoms. The van der Waals surface area contributed by atoms with Gasteiger partial charge < -0.3 is 10.1 Å². The fraction of sp³-hybridized carbons (Fsp3) is 0.600.